The van der Waals surface area contributed by atoms with Crippen molar-refractivity contribution in [3.63, 3.8) is 0 Å². The number of benzene rings is 5. The van der Waals surface area contributed by atoms with E-state index in [1.54, 1.807) is 11.1 Å². The zero-order valence-electron chi connectivity index (χ0n) is 34.0. The predicted molar refractivity (Wildman–Crippen MR) is 237 cm³/mol. The molecule has 5 aromatic carbocycles. The Labute approximate surface area is 327 Å². The van der Waals surface area contributed by atoms with Gasteiger partial charge >= 0.3 is 0 Å². The van der Waals surface area contributed by atoms with Gasteiger partial charge in [-0.05, 0) is 164 Å². The Morgan fingerprint density at radius 2 is 1.44 bits per heavy atom. The summed E-state index contributed by atoms with van der Waals surface area (Å²) in [7, 11) is 0. The molecule has 0 spiro atoms. The molecule has 5 aromatic rings. The molecule has 0 aliphatic heterocycles. The topological polar surface area (TPSA) is 0 Å². The Morgan fingerprint density at radius 3 is 2.25 bits per heavy atom. The minimum atomic E-state index is 0.0258. The summed E-state index contributed by atoms with van der Waals surface area (Å²) in [6, 6.07) is 26.7. The molecule has 0 radical (unpaired) electrons. The third kappa shape index (κ3) is 4.82. The fourth-order valence-electron chi connectivity index (χ4n) is 11.8. The molecule has 274 valence electrons. The van der Waals surface area contributed by atoms with E-state index in [1.165, 1.54) is 93.4 Å². The van der Waals surface area contributed by atoms with Gasteiger partial charge in [0.1, 0.15) is 0 Å². The van der Waals surface area contributed by atoms with Crippen molar-refractivity contribution in [1.29, 1.82) is 0 Å². The normalized spacial score (nSPS) is 24.0. The Morgan fingerprint density at radius 1 is 0.673 bits per heavy atom. The number of fused-ring (bicyclic) bond motifs is 3. The molecule has 0 saturated heterocycles. The van der Waals surface area contributed by atoms with Crippen molar-refractivity contribution >= 4 is 57.0 Å². The Kier molecular flexibility index (Phi) is 6.86. The van der Waals surface area contributed by atoms with Crippen LogP contribution in [0.1, 0.15) is 121 Å². The van der Waals surface area contributed by atoms with Crippen molar-refractivity contribution in [3.05, 3.63) is 139 Å². The lowest BCUT2D eigenvalue weighted by Gasteiger charge is -2.36. The molecule has 0 nitrogen and oxygen atoms in total. The monoisotopic (exact) mass is 714 g/mol. The van der Waals surface area contributed by atoms with Gasteiger partial charge in [0, 0.05) is 5.92 Å². The predicted octanol–water partition coefficient (Wildman–Crippen LogP) is 11.6. The van der Waals surface area contributed by atoms with Crippen LogP contribution >= 0.6 is 0 Å². The quantitative estimate of drug-likeness (QED) is 0.171. The molecule has 0 amide bonds. The van der Waals surface area contributed by atoms with Crippen molar-refractivity contribution in [2.24, 2.45) is 22.7 Å². The number of hydrogen-bond acceptors (Lipinski definition) is 0. The van der Waals surface area contributed by atoms with E-state index in [4.69, 9.17) is 0 Å². The van der Waals surface area contributed by atoms with Crippen LogP contribution in [-0.2, 0) is 5.41 Å². The lowest BCUT2D eigenvalue weighted by molar-refractivity contribution is 0.274. The van der Waals surface area contributed by atoms with Gasteiger partial charge < -0.3 is 0 Å². The maximum Gasteiger partial charge on any atom is 0.00711 e. The summed E-state index contributed by atoms with van der Waals surface area (Å²) in [5, 5.41) is 11.6. The fraction of sp³-hybridized carbons (Fsp3) is 0.345. The van der Waals surface area contributed by atoms with E-state index in [1.807, 2.05) is 0 Å². The molecule has 6 aliphatic carbocycles. The highest BCUT2D eigenvalue weighted by Crippen LogP contribution is 2.56. The van der Waals surface area contributed by atoms with Crippen molar-refractivity contribution in [1.82, 2.24) is 0 Å². The molecule has 11 rings (SSSR count). The third-order valence-corrected chi connectivity index (χ3v) is 15.0. The van der Waals surface area contributed by atoms with Crippen LogP contribution < -0.4 is 20.9 Å². The molecule has 6 aliphatic rings. The zero-order chi connectivity index (χ0) is 37.8. The van der Waals surface area contributed by atoms with Crippen LogP contribution in [0.15, 0.2) is 90.5 Å². The lowest BCUT2D eigenvalue weighted by atomic mass is 9.68. The van der Waals surface area contributed by atoms with Gasteiger partial charge in [0.05, 0.1) is 0 Å². The molecule has 4 atom stereocenters. The standard InChI is InChI=1S/C55H54/c1-53(2,3)39-25-35-11-9-31-13-19-41(45-23-17-37(27-39)49(35)51(31)45)33-15-21-43-44-22-16-34(30-48(44)55(7,8)47(43)29-33)42-20-14-32-10-12-36-26-40(54(4,5)6)28-38-18-24-46(42)52(32)50(36)38/h9-11,13-16,18-26,28-29,36-37,39,48H,12,17,27,30H2,1-8H3. The average molecular weight is 715 g/mol. The van der Waals surface area contributed by atoms with Gasteiger partial charge in [-0.2, -0.15) is 0 Å². The molecule has 55 heavy (non-hydrogen) atoms. The highest BCUT2D eigenvalue weighted by atomic mass is 14.5. The summed E-state index contributed by atoms with van der Waals surface area (Å²) in [4.78, 5) is 0. The maximum absolute atomic E-state index is 2.59. The molecule has 0 fully saturated rings. The van der Waals surface area contributed by atoms with Crippen LogP contribution in [0.25, 0.3) is 68.1 Å². The van der Waals surface area contributed by atoms with Gasteiger partial charge in [0.15, 0.2) is 0 Å². The van der Waals surface area contributed by atoms with Crippen LogP contribution in [0.2, 0.25) is 0 Å². The first-order valence-electron chi connectivity index (χ1n) is 21.1. The van der Waals surface area contributed by atoms with E-state index in [0.29, 0.717) is 23.7 Å². The van der Waals surface area contributed by atoms with Crippen LogP contribution in [-0.4, -0.2) is 0 Å². The summed E-state index contributed by atoms with van der Waals surface area (Å²) in [6.45, 7) is 19.3. The number of hydrogen-bond donors (Lipinski definition) is 0. The first-order valence-corrected chi connectivity index (χ1v) is 21.1. The van der Waals surface area contributed by atoms with Crippen LogP contribution in [0, 0.1) is 22.7 Å². The van der Waals surface area contributed by atoms with E-state index in [9.17, 15) is 0 Å². The average Bonchev–Trinajstić information content (AvgIpc) is 3.39. The lowest BCUT2D eigenvalue weighted by Crippen LogP contribution is -2.32. The first kappa shape index (κ1) is 33.6. The molecule has 0 aromatic heterocycles. The minimum absolute atomic E-state index is 0.0258. The van der Waals surface area contributed by atoms with E-state index >= 15 is 0 Å². The first-order chi connectivity index (χ1) is 26.3. The Balaban J connectivity index is 0.988. The van der Waals surface area contributed by atoms with Gasteiger partial charge in [-0.15, -0.1) is 0 Å². The highest BCUT2D eigenvalue weighted by molar-refractivity contribution is 6.00. The second-order valence-corrected chi connectivity index (χ2v) is 20.5. The summed E-state index contributed by atoms with van der Waals surface area (Å²) < 4.78 is 0. The Hall–Kier alpha value is -4.68. The molecule has 0 saturated carbocycles. The van der Waals surface area contributed by atoms with E-state index in [2.05, 4.69) is 165 Å². The van der Waals surface area contributed by atoms with Gasteiger partial charge in [-0.25, -0.2) is 0 Å². The molecule has 0 heteroatoms. The van der Waals surface area contributed by atoms with Gasteiger partial charge in [0.25, 0.3) is 0 Å². The molecule has 0 N–H and O–H groups in total. The van der Waals surface area contributed by atoms with Gasteiger partial charge in [-0.1, -0.05) is 159 Å². The Bertz CT molecular complexity index is 2920. The summed E-state index contributed by atoms with van der Waals surface area (Å²) >= 11 is 0. The fourth-order valence-corrected chi connectivity index (χ4v) is 11.8. The third-order valence-electron chi connectivity index (χ3n) is 15.0. The number of rotatable bonds is 2. The number of allylic oxidation sites excluding steroid dienone is 6. The van der Waals surface area contributed by atoms with Crippen molar-refractivity contribution in [3.8, 4) is 11.1 Å². The van der Waals surface area contributed by atoms with Gasteiger partial charge in [0.2, 0.25) is 0 Å². The van der Waals surface area contributed by atoms with Crippen molar-refractivity contribution < 1.29 is 0 Å². The summed E-state index contributed by atoms with van der Waals surface area (Å²) in [5.74, 6) is 2.14. The van der Waals surface area contributed by atoms with Crippen molar-refractivity contribution in [2.45, 2.75) is 98.3 Å². The van der Waals surface area contributed by atoms with E-state index in [-0.39, 0.29) is 16.2 Å². The zero-order valence-corrected chi connectivity index (χ0v) is 34.0. The molecular formula is C55H54. The molecule has 4 unspecified atom stereocenters. The second kappa shape index (κ2) is 11.2. The maximum atomic E-state index is 2.59. The van der Waals surface area contributed by atoms with Crippen LogP contribution in [0.5, 0.6) is 0 Å². The van der Waals surface area contributed by atoms with Gasteiger partial charge in [-0.3, -0.25) is 0 Å². The summed E-state index contributed by atoms with van der Waals surface area (Å²) in [5.41, 5.74) is 15.2. The smallest absolute Gasteiger partial charge is 0.00711 e. The SMILES string of the molecule is CC(C)(C)C1=CC2CC=c3ccc(C4=CC=C5c6ccc(-c7ccc8ccc9c%10c8c7=CCC%10CC(C(C)(C)C)C=9)cc6C(C)(C)C5C4)c4ccc(c2c34)=C1. The highest BCUT2D eigenvalue weighted by Gasteiger charge is 2.44. The van der Waals surface area contributed by atoms with Crippen LogP contribution in [0.3, 0.4) is 0 Å². The molecule has 0 bridgehead atoms. The largest absolute Gasteiger partial charge is 0.0757 e. The summed E-state index contributed by atoms with van der Waals surface area (Å²) in [6.07, 6.45) is 22.2. The minimum Gasteiger partial charge on any atom is -0.0757 e. The van der Waals surface area contributed by atoms with E-state index < -0.39 is 0 Å². The van der Waals surface area contributed by atoms with E-state index in [0.717, 1.165) is 19.3 Å². The second-order valence-electron chi connectivity index (χ2n) is 20.5. The van der Waals surface area contributed by atoms with Crippen molar-refractivity contribution in [2.75, 3.05) is 0 Å². The molecule has 0 heterocycles. The molecular weight excluding hydrogens is 661 g/mol. The van der Waals surface area contributed by atoms with Crippen LogP contribution in [0.4, 0.5) is 0 Å².